The lowest BCUT2D eigenvalue weighted by Gasteiger charge is -2.34. The summed E-state index contributed by atoms with van der Waals surface area (Å²) in [6, 6.07) is 7.60. The molecule has 0 spiro atoms. The first kappa shape index (κ1) is 23.2. The van der Waals surface area contributed by atoms with Crippen molar-refractivity contribution in [1.29, 1.82) is 0 Å². The fraction of sp³-hybridized carbons (Fsp3) is 0.435. The van der Waals surface area contributed by atoms with Crippen LogP contribution in [0.5, 0.6) is 0 Å². The third-order valence-corrected chi connectivity index (χ3v) is 6.39. The maximum Gasteiger partial charge on any atom is 0.197 e. The van der Waals surface area contributed by atoms with Crippen molar-refractivity contribution in [2.75, 3.05) is 25.6 Å². The Labute approximate surface area is 185 Å². The Morgan fingerprint density at radius 1 is 1.39 bits per heavy atom. The largest absolute Gasteiger partial charge is 0.493 e. The number of rotatable bonds is 9. The average Bonchev–Trinajstić information content (AvgIpc) is 3.18. The lowest BCUT2D eigenvalue weighted by Crippen LogP contribution is -2.39. The van der Waals surface area contributed by atoms with Crippen molar-refractivity contribution in [3.8, 4) is 0 Å². The Morgan fingerprint density at radius 2 is 2.10 bits per heavy atom. The minimum absolute atomic E-state index is 0.246. The molecule has 1 saturated heterocycles. The van der Waals surface area contributed by atoms with Crippen molar-refractivity contribution in [3.63, 3.8) is 0 Å². The zero-order valence-electron chi connectivity index (χ0n) is 18.3. The predicted octanol–water partition coefficient (Wildman–Crippen LogP) is 3.78. The molecule has 2 aromatic rings. The third kappa shape index (κ3) is 6.29. The van der Waals surface area contributed by atoms with Crippen LogP contribution in [-0.2, 0) is 25.0 Å². The van der Waals surface area contributed by atoms with Gasteiger partial charge < -0.3 is 24.9 Å². The molecular formula is C23H31N3O4S. The van der Waals surface area contributed by atoms with Crippen molar-refractivity contribution in [2.24, 2.45) is 11.7 Å². The normalized spacial score (nSPS) is 18.8. The van der Waals surface area contributed by atoms with Gasteiger partial charge in [-0.3, -0.25) is 4.21 Å². The molecule has 0 bridgehead atoms. The highest BCUT2D eigenvalue weighted by molar-refractivity contribution is 7.85. The zero-order valence-corrected chi connectivity index (χ0v) is 19.2. The molecule has 1 atom stereocenters. The molecule has 1 unspecified atom stereocenters. The fourth-order valence-corrected chi connectivity index (χ4v) is 4.24. The van der Waals surface area contributed by atoms with Crippen LogP contribution in [0.15, 0.2) is 65.2 Å². The molecule has 7 nitrogen and oxygen atoms in total. The lowest BCUT2D eigenvalue weighted by atomic mass is 10.1. The smallest absolute Gasteiger partial charge is 0.197 e. The topological polar surface area (TPSA) is 99.5 Å². The molecule has 1 aliphatic rings. The van der Waals surface area contributed by atoms with Crippen LogP contribution in [0.1, 0.15) is 27.2 Å². The summed E-state index contributed by atoms with van der Waals surface area (Å²) in [6.45, 7) is 11.6. The van der Waals surface area contributed by atoms with Crippen LogP contribution >= 0.6 is 0 Å². The Kier molecular flexibility index (Phi) is 7.69. The minimum Gasteiger partial charge on any atom is -0.493 e. The molecule has 3 N–H and O–H groups in total. The van der Waals surface area contributed by atoms with E-state index in [1.165, 1.54) is 6.20 Å². The number of ether oxygens (including phenoxy) is 3. The Morgan fingerprint density at radius 3 is 2.77 bits per heavy atom. The number of nitrogens with zero attached hydrogens (tertiary/aromatic N) is 1. The van der Waals surface area contributed by atoms with E-state index in [1.807, 2.05) is 45.0 Å². The predicted molar refractivity (Wildman–Crippen MR) is 123 cm³/mol. The number of para-hydroxylation sites is 2. The van der Waals surface area contributed by atoms with Gasteiger partial charge in [0.2, 0.25) is 0 Å². The van der Waals surface area contributed by atoms with Crippen molar-refractivity contribution in [1.82, 2.24) is 9.97 Å². The number of nitrogens with two attached hydrogens (primary N) is 1. The van der Waals surface area contributed by atoms with E-state index in [9.17, 15) is 4.21 Å². The van der Waals surface area contributed by atoms with Gasteiger partial charge in [0.05, 0.1) is 47.4 Å². The Balaban J connectivity index is 1.58. The summed E-state index contributed by atoms with van der Waals surface area (Å²) in [5, 5.41) is 0.437. The first-order valence-corrected chi connectivity index (χ1v) is 11.6. The van der Waals surface area contributed by atoms with E-state index in [4.69, 9.17) is 19.9 Å². The number of hydrogen-bond donors (Lipinski definition) is 2. The molecule has 31 heavy (non-hydrogen) atoms. The van der Waals surface area contributed by atoms with Crippen LogP contribution in [-0.4, -0.2) is 45.5 Å². The summed E-state index contributed by atoms with van der Waals surface area (Å²) < 4.78 is 30.2. The van der Waals surface area contributed by atoms with Gasteiger partial charge >= 0.3 is 0 Å². The van der Waals surface area contributed by atoms with Crippen LogP contribution in [0.4, 0.5) is 0 Å². The highest BCUT2D eigenvalue weighted by Crippen LogP contribution is 2.24. The van der Waals surface area contributed by atoms with Gasteiger partial charge in [-0.1, -0.05) is 18.7 Å². The summed E-state index contributed by atoms with van der Waals surface area (Å²) in [5.74, 6) is 0.623. The minimum atomic E-state index is -1.35. The van der Waals surface area contributed by atoms with Crippen LogP contribution in [0.3, 0.4) is 0 Å². The molecule has 1 aromatic heterocycles. The molecular weight excluding hydrogens is 414 g/mol. The second kappa shape index (κ2) is 10.3. The van der Waals surface area contributed by atoms with E-state index in [0.717, 1.165) is 23.0 Å². The molecule has 0 aliphatic carbocycles. The first-order chi connectivity index (χ1) is 14.8. The van der Waals surface area contributed by atoms with Gasteiger partial charge in [0, 0.05) is 5.92 Å². The van der Waals surface area contributed by atoms with E-state index in [1.54, 1.807) is 6.08 Å². The number of nitrogens with one attached hydrogen (secondary N) is 1. The van der Waals surface area contributed by atoms with Gasteiger partial charge in [-0.05, 0) is 62.7 Å². The maximum absolute atomic E-state index is 12.8. The molecule has 0 saturated carbocycles. The molecule has 1 fully saturated rings. The third-order valence-electron chi connectivity index (χ3n) is 5.15. The van der Waals surface area contributed by atoms with Gasteiger partial charge in [-0.15, -0.1) is 0 Å². The number of hydrogen-bond acceptors (Lipinski definition) is 6. The van der Waals surface area contributed by atoms with E-state index < -0.39 is 16.6 Å². The molecule has 168 valence electrons. The number of aromatic amines is 1. The summed E-state index contributed by atoms with van der Waals surface area (Å²) in [5.41, 5.74) is 8.77. The second-order valence-corrected chi connectivity index (χ2v) is 9.39. The van der Waals surface area contributed by atoms with Crippen molar-refractivity contribution in [2.45, 2.75) is 38.1 Å². The first-order valence-electron chi connectivity index (χ1n) is 10.3. The van der Waals surface area contributed by atoms with E-state index in [0.29, 0.717) is 36.3 Å². The SMILES string of the molecule is C=C(CS(=O)c1nc2ccccc2[nH]1)/C(C)=C(\C=C/N)OCCC1COC(C)(C)OC1. The van der Waals surface area contributed by atoms with E-state index >= 15 is 0 Å². The molecule has 0 amide bonds. The van der Waals surface area contributed by atoms with Crippen LogP contribution in [0, 0.1) is 5.92 Å². The number of H-pyrrole nitrogens is 1. The monoisotopic (exact) mass is 445 g/mol. The second-order valence-electron chi connectivity index (χ2n) is 8.03. The number of aromatic nitrogens is 2. The van der Waals surface area contributed by atoms with Crippen molar-refractivity contribution >= 4 is 21.8 Å². The Hall–Kier alpha value is -2.42. The van der Waals surface area contributed by atoms with Crippen molar-refractivity contribution < 1.29 is 18.4 Å². The lowest BCUT2D eigenvalue weighted by molar-refractivity contribution is -0.263. The zero-order chi connectivity index (χ0) is 22.4. The number of fused-ring (bicyclic) bond motifs is 1. The highest BCUT2D eigenvalue weighted by atomic mass is 32.2. The van der Waals surface area contributed by atoms with Crippen LogP contribution in [0.2, 0.25) is 0 Å². The van der Waals surface area contributed by atoms with Gasteiger partial charge in [-0.25, -0.2) is 4.98 Å². The molecule has 3 rings (SSSR count). The molecule has 8 heteroatoms. The molecule has 1 aromatic carbocycles. The average molecular weight is 446 g/mol. The summed E-state index contributed by atoms with van der Waals surface area (Å²) in [7, 11) is -1.35. The van der Waals surface area contributed by atoms with Gasteiger partial charge in [-0.2, -0.15) is 0 Å². The van der Waals surface area contributed by atoms with E-state index in [2.05, 4.69) is 16.5 Å². The molecule has 2 heterocycles. The van der Waals surface area contributed by atoms with Gasteiger partial charge in [0.25, 0.3) is 0 Å². The van der Waals surface area contributed by atoms with Gasteiger partial charge in [0.1, 0.15) is 5.76 Å². The summed E-state index contributed by atoms with van der Waals surface area (Å²) in [6.07, 6.45) is 3.92. The fourth-order valence-electron chi connectivity index (χ4n) is 3.14. The number of allylic oxidation sites excluding steroid dienone is 2. The maximum atomic E-state index is 12.8. The summed E-state index contributed by atoms with van der Waals surface area (Å²) in [4.78, 5) is 7.53. The standard InChI is InChI=1S/C23H31N3O4S/c1-16(15-31(27)22-25-19-7-5-6-8-20(19)26-22)17(2)21(9-11-24)28-12-10-18-13-29-23(3,4)30-14-18/h5-9,11,18H,1,10,12-15,24H2,2-4H3,(H,25,26)/b11-9-,21-17+. The van der Waals surface area contributed by atoms with Crippen LogP contribution < -0.4 is 5.73 Å². The summed E-state index contributed by atoms with van der Waals surface area (Å²) >= 11 is 0. The van der Waals surface area contributed by atoms with Crippen molar-refractivity contribution in [3.05, 3.63) is 60.0 Å². The molecule has 0 radical (unpaired) electrons. The quantitative estimate of drug-likeness (QED) is 0.450. The van der Waals surface area contributed by atoms with E-state index in [-0.39, 0.29) is 11.7 Å². The van der Waals surface area contributed by atoms with Gasteiger partial charge in [0.15, 0.2) is 10.9 Å². The number of benzene rings is 1. The van der Waals surface area contributed by atoms with Crippen LogP contribution in [0.25, 0.3) is 11.0 Å². The Bertz CT molecular complexity index is 966. The molecule has 1 aliphatic heterocycles. The number of imidazole rings is 1. The highest BCUT2D eigenvalue weighted by Gasteiger charge is 2.28.